The second-order valence-electron chi connectivity index (χ2n) is 5.34. The second kappa shape index (κ2) is 4.90. The van der Waals surface area contributed by atoms with Crippen LogP contribution in [0.3, 0.4) is 0 Å². The van der Waals surface area contributed by atoms with E-state index in [1.807, 2.05) is 0 Å². The van der Waals surface area contributed by atoms with E-state index in [4.69, 9.17) is 0 Å². The van der Waals surface area contributed by atoms with Crippen LogP contribution in [-0.4, -0.2) is 42.7 Å². The molecule has 2 heterocycles. The number of carboxylic acids is 2. The monoisotopic (exact) mass is 340 g/mol. The van der Waals surface area contributed by atoms with Crippen LogP contribution in [0.1, 0.15) is 11.3 Å². The summed E-state index contributed by atoms with van der Waals surface area (Å²) >= 11 is 0. The van der Waals surface area contributed by atoms with Gasteiger partial charge < -0.3 is 25.0 Å². The Morgan fingerprint density at radius 2 is 1.78 bits per heavy atom. The van der Waals surface area contributed by atoms with Crippen molar-refractivity contribution < 1.29 is 34.2 Å². The maximum absolute atomic E-state index is 11.7. The molecule has 0 saturated heterocycles. The molecule has 3 rings (SSSR count). The number of para-hydroxylation sites is 1. The number of H-pyrrole nitrogens is 1. The Labute approximate surface area is 129 Å². The van der Waals surface area contributed by atoms with E-state index in [1.54, 1.807) is 24.3 Å². The smallest absolute Gasteiger partial charge is 0.342 e. The summed E-state index contributed by atoms with van der Waals surface area (Å²) < 4.78 is 11.6. The summed E-state index contributed by atoms with van der Waals surface area (Å²) in [5.74, 6) is -5.12. The van der Waals surface area contributed by atoms with Crippen LogP contribution in [0.5, 0.6) is 0 Å². The standard InChI is InChI=1S/C13H13N2O7P/c16-11(17)13(12(18)19)10-7(5-9(15-13)23(20,21)22)6-3-1-2-4-8(6)14-10/h1-4,9,14-15H,5H2,(H,16,17)(H,18,19)(H2,20,21,22). The van der Waals surface area contributed by atoms with Gasteiger partial charge in [-0.25, -0.2) is 9.59 Å². The molecule has 1 aliphatic heterocycles. The molecule has 1 aromatic carbocycles. The zero-order valence-electron chi connectivity index (χ0n) is 11.6. The van der Waals surface area contributed by atoms with Crippen molar-refractivity contribution in [1.29, 1.82) is 0 Å². The normalized spacial score (nSPS) is 20.2. The van der Waals surface area contributed by atoms with Crippen LogP contribution in [-0.2, 0) is 26.1 Å². The summed E-state index contributed by atoms with van der Waals surface area (Å²) in [6, 6.07) is 6.63. The summed E-state index contributed by atoms with van der Waals surface area (Å²) in [6.45, 7) is 0. The van der Waals surface area contributed by atoms with Gasteiger partial charge in [0.15, 0.2) is 0 Å². The fourth-order valence-corrected chi connectivity index (χ4v) is 3.71. The SMILES string of the molecule is O=C(O)C1(C(=O)O)NC(P(=O)(O)O)Cc2c1[nH]c1ccccc21. The summed E-state index contributed by atoms with van der Waals surface area (Å²) in [4.78, 5) is 45.0. The molecule has 0 fully saturated rings. The number of aromatic amines is 1. The third-order valence-corrected chi connectivity index (χ3v) is 5.14. The quantitative estimate of drug-likeness (QED) is 0.341. The maximum Gasteiger partial charge on any atom is 0.342 e. The number of rotatable bonds is 3. The Bertz CT molecular complexity index is 854. The predicted octanol–water partition coefficient (Wildman–Crippen LogP) is 0.182. The number of aromatic nitrogens is 1. The fraction of sp³-hybridized carbons (Fsp3) is 0.231. The van der Waals surface area contributed by atoms with Gasteiger partial charge in [0.2, 0.25) is 0 Å². The minimum Gasteiger partial charge on any atom is -0.479 e. The summed E-state index contributed by atoms with van der Waals surface area (Å²) in [6.07, 6.45) is -0.189. The number of aliphatic carboxylic acids is 2. The van der Waals surface area contributed by atoms with Crippen LogP contribution < -0.4 is 5.32 Å². The molecule has 122 valence electrons. The molecule has 0 aliphatic carbocycles. The molecule has 2 aromatic rings. The molecule has 0 amide bonds. The van der Waals surface area contributed by atoms with Gasteiger partial charge in [-0.3, -0.25) is 9.88 Å². The van der Waals surface area contributed by atoms with E-state index in [9.17, 15) is 34.2 Å². The molecule has 0 spiro atoms. The number of carboxylic acid groups (broad SMARTS) is 2. The molecule has 6 N–H and O–H groups in total. The van der Waals surface area contributed by atoms with Gasteiger partial charge in [-0.15, -0.1) is 0 Å². The van der Waals surface area contributed by atoms with Crippen molar-refractivity contribution in [1.82, 2.24) is 10.3 Å². The predicted molar refractivity (Wildman–Crippen MR) is 77.9 cm³/mol. The van der Waals surface area contributed by atoms with Crippen LogP contribution in [0.2, 0.25) is 0 Å². The number of hydrogen-bond acceptors (Lipinski definition) is 4. The van der Waals surface area contributed by atoms with Gasteiger partial charge in [0.25, 0.3) is 5.54 Å². The Kier molecular flexibility index (Phi) is 3.35. The Morgan fingerprint density at radius 1 is 1.17 bits per heavy atom. The van der Waals surface area contributed by atoms with Crippen molar-refractivity contribution in [2.75, 3.05) is 0 Å². The fourth-order valence-electron chi connectivity index (χ4n) is 2.93. The zero-order chi connectivity index (χ0) is 17.0. The first kappa shape index (κ1) is 15.7. The number of nitrogens with one attached hydrogen (secondary N) is 2. The number of hydrogen-bond donors (Lipinski definition) is 6. The lowest BCUT2D eigenvalue weighted by molar-refractivity contribution is -0.160. The average molecular weight is 340 g/mol. The van der Waals surface area contributed by atoms with E-state index in [2.05, 4.69) is 10.3 Å². The third kappa shape index (κ3) is 2.17. The zero-order valence-corrected chi connectivity index (χ0v) is 12.4. The highest BCUT2D eigenvalue weighted by Crippen LogP contribution is 2.48. The molecule has 0 radical (unpaired) electrons. The van der Waals surface area contributed by atoms with E-state index >= 15 is 0 Å². The lowest BCUT2D eigenvalue weighted by Gasteiger charge is -2.36. The minimum atomic E-state index is -4.76. The lowest BCUT2D eigenvalue weighted by Crippen LogP contribution is -2.61. The first-order chi connectivity index (χ1) is 10.7. The second-order valence-corrected chi connectivity index (χ2v) is 7.14. The van der Waals surface area contributed by atoms with E-state index in [0.717, 1.165) is 0 Å². The first-order valence-electron chi connectivity index (χ1n) is 6.57. The summed E-state index contributed by atoms with van der Waals surface area (Å²) in [5, 5.41) is 21.7. The number of fused-ring (bicyclic) bond motifs is 3. The maximum atomic E-state index is 11.7. The summed E-state index contributed by atoms with van der Waals surface area (Å²) in [5.41, 5.74) is -2.00. The molecule has 23 heavy (non-hydrogen) atoms. The Hall–Kier alpha value is -2.19. The Morgan fingerprint density at radius 3 is 2.35 bits per heavy atom. The molecular weight excluding hydrogens is 327 g/mol. The highest BCUT2D eigenvalue weighted by molar-refractivity contribution is 7.52. The molecule has 1 aliphatic rings. The lowest BCUT2D eigenvalue weighted by atomic mass is 9.87. The van der Waals surface area contributed by atoms with Gasteiger partial charge in [0.1, 0.15) is 5.78 Å². The van der Waals surface area contributed by atoms with Crippen LogP contribution >= 0.6 is 7.60 Å². The van der Waals surface area contributed by atoms with Crippen LogP contribution in [0.25, 0.3) is 10.9 Å². The molecule has 1 aromatic heterocycles. The minimum absolute atomic E-state index is 0.122. The van der Waals surface area contributed by atoms with Crippen molar-refractivity contribution in [2.24, 2.45) is 0 Å². The number of benzene rings is 1. The molecule has 1 unspecified atom stereocenters. The Balaban J connectivity index is 2.36. The molecule has 9 nitrogen and oxygen atoms in total. The molecule has 1 atom stereocenters. The van der Waals surface area contributed by atoms with E-state index in [-0.39, 0.29) is 17.7 Å². The van der Waals surface area contributed by atoms with Crippen LogP contribution in [0.15, 0.2) is 24.3 Å². The van der Waals surface area contributed by atoms with Crippen molar-refractivity contribution in [2.45, 2.75) is 17.7 Å². The topological polar surface area (TPSA) is 160 Å². The van der Waals surface area contributed by atoms with Crippen molar-refractivity contribution >= 4 is 30.4 Å². The van der Waals surface area contributed by atoms with E-state index < -0.39 is 30.9 Å². The van der Waals surface area contributed by atoms with Crippen molar-refractivity contribution in [3.8, 4) is 0 Å². The molecule has 0 saturated carbocycles. The molecular formula is C13H13N2O7P. The van der Waals surface area contributed by atoms with Crippen LogP contribution in [0.4, 0.5) is 0 Å². The van der Waals surface area contributed by atoms with Gasteiger partial charge in [-0.05, 0) is 11.6 Å². The van der Waals surface area contributed by atoms with E-state index in [0.29, 0.717) is 10.9 Å². The first-order valence-corrected chi connectivity index (χ1v) is 8.26. The highest BCUT2D eigenvalue weighted by atomic mass is 31.2. The third-order valence-electron chi connectivity index (χ3n) is 4.02. The van der Waals surface area contributed by atoms with Gasteiger partial charge in [-0.2, -0.15) is 0 Å². The van der Waals surface area contributed by atoms with Gasteiger partial charge in [0, 0.05) is 17.3 Å². The van der Waals surface area contributed by atoms with E-state index in [1.165, 1.54) is 0 Å². The average Bonchev–Trinajstić information content (AvgIpc) is 2.83. The van der Waals surface area contributed by atoms with Crippen LogP contribution in [0, 0.1) is 0 Å². The van der Waals surface area contributed by atoms with Crippen molar-refractivity contribution in [3.05, 3.63) is 35.5 Å². The highest BCUT2D eigenvalue weighted by Gasteiger charge is 2.57. The van der Waals surface area contributed by atoms with Gasteiger partial charge >= 0.3 is 19.5 Å². The van der Waals surface area contributed by atoms with Crippen molar-refractivity contribution in [3.63, 3.8) is 0 Å². The van der Waals surface area contributed by atoms with Gasteiger partial charge in [0.05, 0.1) is 5.69 Å². The van der Waals surface area contributed by atoms with Gasteiger partial charge in [-0.1, -0.05) is 18.2 Å². The molecule has 0 bridgehead atoms. The number of carbonyl (C=O) groups is 2. The molecule has 10 heteroatoms. The summed E-state index contributed by atoms with van der Waals surface area (Å²) in [7, 11) is -4.76. The largest absolute Gasteiger partial charge is 0.479 e.